The van der Waals surface area contributed by atoms with Gasteiger partial charge in [0.2, 0.25) is 11.8 Å². The molecule has 0 spiro atoms. The second-order valence-electron chi connectivity index (χ2n) is 7.20. The molecule has 1 saturated heterocycles. The molecule has 1 fully saturated rings. The normalized spacial score (nSPS) is 17.9. The van der Waals surface area contributed by atoms with Crippen LogP contribution >= 0.6 is 11.8 Å². The van der Waals surface area contributed by atoms with E-state index in [9.17, 15) is 9.59 Å². The Balaban J connectivity index is 1.53. The summed E-state index contributed by atoms with van der Waals surface area (Å²) in [6.45, 7) is 0.580. The second kappa shape index (κ2) is 7.83. The minimum absolute atomic E-state index is 0.0430. The Morgan fingerprint density at radius 1 is 1.25 bits per heavy atom. The molecule has 0 saturated carbocycles. The molecule has 146 valence electrons. The van der Waals surface area contributed by atoms with Gasteiger partial charge in [0.15, 0.2) is 0 Å². The molecular formula is C21H23N3O3S. The van der Waals surface area contributed by atoms with E-state index >= 15 is 0 Å². The topological polar surface area (TPSA) is 71.5 Å². The molecule has 3 heterocycles. The molecule has 1 aromatic heterocycles. The molecule has 2 aliphatic rings. The Morgan fingerprint density at radius 3 is 2.71 bits per heavy atom. The summed E-state index contributed by atoms with van der Waals surface area (Å²) in [6.07, 6.45) is 3.52. The largest absolute Gasteiger partial charge is 0.481 e. The van der Waals surface area contributed by atoms with Crippen molar-refractivity contribution in [2.24, 2.45) is 0 Å². The van der Waals surface area contributed by atoms with Crippen LogP contribution in [0, 0.1) is 0 Å². The van der Waals surface area contributed by atoms with Gasteiger partial charge in [0, 0.05) is 18.2 Å². The molecule has 0 bridgehead atoms. The number of hydrogen-bond donors (Lipinski definition) is 1. The Morgan fingerprint density at radius 2 is 2.04 bits per heavy atom. The van der Waals surface area contributed by atoms with Gasteiger partial charge in [0.1, 0.15) is 0 Å². The minimum Gasteiger partial charge on any atom is -0.481 e. The molecule has 6 nitrogen and oxygen atoms in total. The summed E-state index contributed by atoms with van der Waals surface area (Å²) < 4.78 is 5.05. The number of rotatable bonds is 5. The number of nitrogens with zero attached hydrogens (tertiary/aromatic N) is 2. The van der Waals surface area contributed by atoms with E-state index < -0.39 is 5.54 Å². The third-order valence-corrected chi connectivity index (χ3v) is 6.52. The zero-order valence-electron chi connectivity index (χ0n) is 15.8. The number of ether oxygens (including phenoxy) is 1. The molecule has 2 aliphatic heterocycles. The third-order valence-electron chi connectivity index (χ3n) is 5.54. The maximum absolute atomic E-state index is 13.1. The summed E-state index contributed by atoms with van der Waals surface area (Å²) in [7, 11) is 1.55. The highest BCUT2D eigenvalue weighted by Crippen LogP contribution is 2.40. The van der Waals surface area contributed by atoms with Crippen molar-refractivity contribution in [3.63, 3.8) is 0 Å². The van der Waals surface area contributed by atoms with Crippen molar-refractivity contribution >= 4 is 29.3 Å². The summed E-state index contributed by atoms with van der Waals surface area (Å²) in [6, 6.07) is 11.2. The highest BCUT2D eigenvalue weighted by atomic mass is 32.2. The summed E-state index contributed by atoms with van der Waals surface area (Å²) in [4.78, 5) is 32.0. The van der Waals surface area contributed by atoms with Crippen LogP contribution in [0.2, 0.25) is 0 Å². The molecule has 1 N–H and O–H groups in total. The quantitative estimate of drug-likeness (QED) is 0.838. The monoisotopic (exact) mass is 397 g/mol. The molecule has 1 aromatic carbocycles. The van der Waals surface area contributed by atoms with Crippen molar-refractivity contribution in [2.75, 3.05) is 23.9 Å². The first kappa shape index (κ1) is 18.8. The average molecular weight is 398 g/mol. The summed E-state index contributed by atoms with van der Waals surface area (Å²) >= 11 is 1.88. The van der Waals surface area contributed by atoms with Gasteiger partial charge in [0.25, 0.3) is 5.91 Å². The highest BCUT2D eigenvalue weighted by Gasteiger charge is 2.45. The van der Waals surface area contributed by atoms with Gasteiger partial charge >= 0.3 is 0 Å². The fourth-order valence-corrected chi connectivity index (χ4v) is 5.26. The lowest BCUT2D eigenvalue weighted by Crippen LogP contribution is -2.53. The van der Waals surface area contributed by atoms with Crippen LogP contribution in [0.5, 0.6) is 5.88 Å². The van der Waals surface area contributed by atoms with Crippen molar-refractivity contribution < 1.29 is 14.3 Å². The van der Waals surface area contributed by atoms with E-state index in [1.807, 2.05) is 40.9 Å². The predicted octanol–water partition coefficient (Wildman–Crippen LogP) is 3.34. The lowest BCUT2D eigenvalue weighted by molar-refractivity contribution is -0.119. The van der Waals surface area contributed by atoms with Crippen LogP contribution in [0.1, 0.15) is 35.2 Å². The van der Waals surface area contributed by atoms with Crippen LogP contribution < -0.4 is 10.1 Å². The summed E-state index contributed by atoms with van der Waals surface area (Å²) in [5, 5.41) is 2.92. The van der Waals surface area contributed by atoms with Gasteiger partial charge in [-0.15, -0.1) is 0 Å². The van der Waals surface area contributed by atoms with Gasteiger partial charge < -0.3 is 15.0 Å². The lowest BCUT2D eigenvalue weighted by Gasteiger charge is -2.44. The number of aromatic nitrogens is 1. The number of benzene rings is 1. The van der Waals surface area contributed by atoms with E-state index in [4.69, 9.17) is 4.74 Å². The van der Waals surface area contributed by atoms with Crippen LogP contribution in [0.4, 0.5) is 5.69 Å². The van der Waals surface area contributed by atoms with Crippen molar-refractivity contribution in [3.8, 4) is 5.88 Å². The van der Waals surface area contributed by atoms with Gasteiger partial charge in [0.05, 0.1) is 31.0 Å². The van der Waals surface area contributed by atoms with E-state index in [0.29, 0.717) is 24.5 Å². The first-order chi connectivity index (χ1) is 13.6. The molecule has 2 aromatic rings. The van der Waals surface area contributed by atoms with Gasteiger partial charge in [-0.1, -0.05) is 18.2 Å². The fourth-order valence-electron chi connectivity index (χ4n) is 4.01. The maximum Gasteiger partial charge on any atom is 0.254 e. The minimum atomic E-state index is -0.439. The number of carbonyl (C=O) groups excluding carboxylic acids is 2. The van der Waals surface area contributed by atoms with Crippen LogP contribution in [-0.2, 0) is 11.3 Å². The molecule has 0 unspecified atom stereocenters. The SMILES string of the molecule is COc1ccc(NC(=O)CC2(N3Cc4ccccc4C3=O)CCSCC2)cn1. The number of fused-ring (bicyclic) bond motifs is 1. The molecule has 0 radical (unpaired) electrons. The number of anilines is 1. The number of nitrogens with one attached hydrogen (secondary N) is 1. The van der Waals surface area contributed by atoms with Crippen molar-refractivity contribution in [2.45, 2.75) is 31.3 Å². The van der Waals surface area contributed by atoms with E-state index in [0.717, 1.165) is 35.5 Å². The van der Waals surface area contributed by atoms with E-state index in [1.54, 1.807) is 25.4 Å². The lowest BCUT2D eigenvalue weighted by atomic mass is 9.86. The van der Waals surface area contributed by atoms with Crippen molar-refractivity contribution in [3.05, 3.63) is 53.7 Å². The van der Waals surface area contributed by atoms with Gasteiger partial charge in [-0.2, -0.15) is 11.8 Å². The Bertz CT molecular complexity index is 879. The molecule has 0 atom stereocenters. The van der Waals surface area contributed by atoms with Crippen LogP contribution in [-0.4, -0.2) is 45.9 Å². The third kappa shape index (κ3) is 3.58. The fraction of sp³-hybridized carbons (Fsp3) is 0.381. The molecule has 7 heteroatoms. The number of methoxy groups -OCH3 is 1. The van der Waals surface area contributed by atoms with E-state index in [-0.39, 0.29) is 11.8 Å². The number of pyridine rings is 1. The zero-order chi connectivity index (χ0) is 19.6. The van der Waals surface area contributed by atoms with Gasteiger partial charge in [-0.05, 0) is 42.0 Å². The molecular weight excluding hydrogens is 374 g/mol. The Hall–Kier alpha value is -2.54. The number of carbonyl (C=O) groups is 2. The average Bonchev–Trinajstić information content (AvgIpc) is 3.07. The smallest absolute Gasteiger partial charge is 0.254 e. The molecule has 2 amide bonds. The van der Waals surface area contributed by atoms with E-state index in [2.05, 4.69) is 10.3 Å². The molecule has 28 heavy (non-hydrogen) atoms. The highest BCUT2D eigenvalue weighted by molar-refractivity contribution is 7.99. The Labute approximate surface area is 168 Å². The first-order valence-electron chi connectivity index (χ1n) is 9.39. The number of thioether (sulfide) groups is 1. The summed E-state index contributed by atoms with van der Waals surface area (Å²) in [5.41, 5.74) is 2.00. The Kier molecular flexibility index (Phi) is 5.26. The van der Waals surface area contributed by atoms with Crippen molar-refractivity contribution in [1.82, 2.24) is 9.88 Å². The second-order valence-corrected chi connectivity index (χ2v) is 8.42. The van der Waals surface area contributed by atoms with Gasteiger partial charge in [-0.3, -0.25) is 9.59 Å². The van der Waals surface area contributed by atoms with Crippen LogP contribution in [0.15, 0.2) is 42.6 Å². The predicted molar refractivity (Wildman–Crippen MR) is 110 cm³/mol. The number of hydrogen-bond acceptors (Lipinski definition) is 5. The summed E-state index contributed by atoms with van der Waals surface area (Å²) in [5.74, 6) is 2.36. The first-order valence-corrected chi connectivity index (χ1v) is 10.5. The standard InChI is InChI=1S/C21H23N3O3S/c1-27-19-7-6-16(13-22-19)23-18(25)12-21(8-10-28-11-9-21)24-14-15-4-2-3-5-17(15)20(24)26/h2-7,13H,8-12,14H2,1H3,(H,23,25). The van der Waals surface area contributed by atoms with Crippen LogP contribution in [0.3, 0.4) is 0 Å². The zero-order valence-corrected chi connectivity index (χ0v) is 16.6. The number of amides is 2. The molecule has 0 aliphatic carbocycles. The maximum atomic E-state index is 13.1. The molecule has 4 rings (SSSR count). The van der Waals surface area contributed by atoms with Gasteiger partial charge in [-0.25, -0.2) is 4.98 Å². The van der Waals surface area contributed by atoms with Crippen molar-refractivity contribution in [1.29, 1.82) is 0 Å². The van der Waals surface area contributed by atoms with E-state index in [1.165, 1.54) is 0 Å². The van der Waals surface area contributed by atoms with Crippen LogP contribution in [0.25, 0.3) is 0 Å².